The van der Waals surface area contributed by atoms with E-state index in [4.69, 9.17) is 4.74 Å². The average molecular weight is 402 g/mol. The van der Waals surface area contributed by atoms with Gasteiger partial charge in [-0.05, 0) is 31.7 Å². The molecule has 1 aliphatic rings. The van der Waals surface area contributed by atoms with E-state index < -0.39 is 18.1 Å². The number of cyclic esters (lactones) is 1. The van der Waals surface area contributed by atoms with Crippen molar-refractivity contribution < 1.29 is 24.2 Å². The van der Waals surface area contributed by atoms with E-state index in [0.29, 0.717) is 19.3 Å². The van der Waals surface area contributed by atoms with Crippen molar-refractivity contribution in [3.8, 4) is 0 Å². The number of aliphatic hydroxyl groups is 1. The lowest BCUT2D eigenvalue weighted by Crippen LogP contribution is -2.42. The van der Waals surface area contributed by atoms with Crippen LogP contribution in [-0.4, -0.2) is 48.2 Å². The predicted octanol–water partition coefficient (Wildman–Crippen LogP) is 1.50. The van der Waals surface area contributed by atoms with E-state index in [0.717, 1.165) is 5.56 Å². The normalized spacial score (nSPS) is 21.9. The Morgan fingerprint density at radius 2 is 2.03 bits per heavy atom. The maximum atomic E-state index is 12.5. The molecule has 2 rings (SSSR count). The van der Waals surface area contributed by atoms with Gasteiger partial charge in [-0.3, -0.25) is 14.4 Å². The van der Waals surface area contributed by atoms with Crippen LogP contribution in [0.2, 0.25) is 0 Å². The van der Waals surface area contributed by atoms with Crippen molar-refractivity contribution >= 4 is 17.8 Å². The van der Waals surface area contributed by atoms with Gasteiger partial charge in [0.15, 0.2) is 0 Å². The molecule has 29 heavy (non-hydrogen) atoms. The summed E-state index contributed by atoms with van der Waals surface area (Å²) in [6, 6.07) is 9.20. The van der Waals surface area contributed by atoms with Crippen LogP contribution in [0.3, 0.4) is 0 Å². The van der Waals surface area contributed by atoms with E-state index in [-0.39, 0.29) is 43.8 Å². The minimum absolute atomic E-state index is 0.0234. The quantitative estimate of drug-likeness (QED) is 0.494. The molecule has 3 atom stereocenters. The second-order valence-electron chi connectivity index (χ2n) is 7.33. The topological polar surface area (TPSA) is 105 Å². The van der Waals surface area contributed by atoms with Gasteiger partial charge in [0.25, 0.3) is 0 Å². The van der Waals surface area contributed by atoms with Crippen LogP contribution in [0, 0.1) is 5.92 Å². The summed E-state index contributed by atoms with van der Waals surface area (Å²) in [5.41, 5.74) is 1.02. The van der Waals surface area contributed by atoms with Crippen molar-refractivity contribution in [1.82, 2.24) is 10.6 Å². The average Bonchev–Trinajstić information content (AvgIpc) is 2.70. The first-order valence-electron chi connectivity index (χ1n) is 10.0. The largest absolute Gasteiger partial charge is 0.461 e. The van der Waals surface area contributed by atoms with Crippen LogP contribution in [0.15, 0.2) is 42.5 Å². The molecule has 0 saturated carbocycles. The highest BCUT2D eigenvalue weighted by Crippen LogP contribution is 2.13. The standard InChI is InChI=1S/C22H30N2O5/c1-16-14-23-22(28)18(10-6-3-7-11-21(27)29-16)13-20(26)24-19(15-25)12-17-8-4-2-5-9-17/h2-6,8-9,16,18-19,25H,7,10-15H2,1H3,(H,23,28)(H,24,26)/t16-,18+,19+/m0/s1. The zero-order chi connectivity index (χ0) is 21.1. The first-order chi connectivity index (χ1) is 14.0. The summed E-state index contributed by atoms with van der Waals surface area (Å²) in [5.74, 6) is -1.34. The number of benzene rings is 1. The molecule has 1 aromatic carbocycles. The van der Waals surface area contributed by atoms with Gasteiger partial charge >= 0.3 is 5.97 Å². The van der Waals surface area contributed by atoms with Crippen molar-refractivity contribution in [3.63, 3.8) is 0 Å². The molecule has 2 amide bonds. The Kier molecular flexibility index (Phi) is 9.37. The third-order valence-corrected chi connectivity index (χ3v) is 4.71. The first-order valence-corrected chi connectivity index (χ1v) is 10.0. The number of hydrogen-bond donors (Lipinski definition) is 3. The number of allylic oxidation sites excluding steroid dienone is 2. The van der Waals surface area contributed by atoms with Gasteiger partial charge in [0.05, 0.1) is 25.1 Å². The van der Waals surface area contributed by atoms with Crippen molar-refractivity contribution in [1.29, 1.82) is 0 Å². The zero-order valence-electron chi connectivity index (χ0n) is 16.8. The highest BCUT2D eigenvalue weighted by atomic mass is 16.5. The Morgan fingerprint density at radius 1 is 1.28 bits per heavy atom. The fraction of sp³-hybridized carbons (Fsp3) is 0.500. The van der Waals surface area contributed by atoms with Crippen LogP contribution in [0.4, 0.5) is 0 Å². The lowest BCUT2D eigenvalue weighted by Gasteiger charge is -2.21. The Morgan fingerprint density at radius 3 is 2.76 bits per heavy atom. The molecule has 3 N–H and O–H groups in total. The Bertz CT molecular complexity index is 704. The summed E-state index contributed by atoms with van der Waals surface area (Å²) in [6.07, 6.45) is 5.01. The van der Waals surface area contributed by atoms with Crippen molar-refractivity contribution in [2.45, 2.75) is 51.2 Å². The third-order valence-electron chi connectivity index (χ3n) is 4.71. The highest BCUT2D eigenvalue weighted by molar-refractivity contribution is 5.86. The molecule has 0 fully saturated rings. The van der Waals surface area contributed by atoms with Crippen LogP contribution in [0.1, 0.15) is 38.2 Å². The second-order valence-corrected chi connectivity index (χ2v) is 7.33. The van der Waals surface area contributed by atoms with Gasteiger partial charge in [-0.1, -0.05) is 42.5 Å². The maximum absolute atomic E-state index is 12.5. The summed E-state index contributed by atoms with van der Waals surface area (Å²) in [5, 5.41) is 15.2. The van der Waals surface area contributed by atoms with Crippen molar-refractivity contribution in [3.05, 3.63) is 48.0 Å². The molecule has 0 aliphatic carbocycles. The molecule has 0 radical (unpaired) electrons. The maximum Gasteiger partial charge on any atom is 0.306 e. The minimum atomic E-state index is -0.523. The molecule has 7 nitrogen and oxygen atoms in total. The van der Waals surface area contributed by atoms with Gasteiger partial charge in [-0.25, -0.2) is 0 Å². The fourth-order valence-electron chi connectivity index (χ4n) is 3.15. The van der Waals surface area contributed by atoms with Gasteiger partial charge in [0, 0.05) is 12.8 Å². The summed E-state index contributed by atoms with van der Waals surface area (Å²) >= 11 is 0. The highest BCUT2D eigenvalue weighted by Gasteiger charge is 2.23. The minimum Gasteiger partial charge on any atom is -0.461 e. The number of rotatable bonds is 6. The molecule has 0 unspecified atom stereocenters. The van der Waals surface area contributed by atoms with Crippen LogP contribution in [0.25, 0.3) is 0 Å². The number of amides is 2. The summed E-state index contributed by atoms with van der Waals surface area (Å²) in [7, 11) is 0. The predicted molar refractivity (Wildman–Crippen MR) is 109 cm³/mol. The molecule has 1 heterocycles. The fourth-order valence-corrected chi connectivity index (χ4v) is 3.15. The van der Waals surface area contributed by atoms with Gasteiger partial charge in [-0.15, -0.1) is 0 Å². The SMILES string of the molecule is C[C@H]1CNC(=O)[C@@H](CC(=O)N[C@@H](CO)Cc2ccccc2)CC=CCCC(=O)O1. The molecule has 1 aromatic rings. The Hall–Kier alpha value is -2.67. The van der Waals surface area contributed by atoms with E-state index in [1.54, 1.807) is 6.92 Å². The monoisotopic (exact) mass is 402 g/mol. The third kappa shape index (κ3) is 8.48. The number of aliphatic hydroxyl groups excluding tert-OH is 1. The molecule has 0 bridgehead atoms. The molecule has 0 aromatic heterocycles. The number of nitrogens with one attached hydrogen (secondary N) is 2. The Balaban J connectivity index is 1.94. The van der Waals surface area contributed by atoms with Crippen LogP contribution in [-0.2, 0) is 25.5 Å². The van der Waals surface area contributed by atoms with Crippen LogP contribution < -0.4 is 10.6 Å². The van der Waals surface area contributed by atoms with E-state index in [1.165, 1.54) is 0 Å². The molecule has 0 saturated heterocycles. The van der Waals surface area contributed by atoms with Gasteiger partial charge in [0.1, 0.15) is 6.10 Å². The second kappa shape index (κ2) is 12.0. The summed E-state index contributed by atoms with van der Waals surface area (Å²) in [6.45, 7) is 1.75. The number of esters is 1. The molecular weight excluding hydrogens is 372 g/mol. The smallest absolute Gasteiger partial charge is 0.306 e. The van der Waals surface area contributed by atoms with Gasteiger partial charge in [-0.2, -0.15) is 0 Å². The number of carbonyl (C=O) groups excluding carboxylic acids is 3. The molecule has 1 aliphatic heterocycles. The van der Waals surface area contributed by atoms with E-state index in [2.05, 4.69) is 10.6 Å². The molecular formula is C22H30N2O5. The number of carbonyl (C=O) groups is 3. The van der Waals surface area contributed by atoms with E-state index >= 15 is 0 Å². The van der Waals surface area contributed by atoms with Crippen molar-refractivity contribution in [2.75, 3.05) is 13.2 Å². The summed E-state index contributed by atoms with van der Waals surface area (Å²) in [4.78, 5) is 36.6. The van der Waals surface area contributed by atoms with E-state index in [9.17, 15) is 19.5 Å². The van der Waals surface area contributed by atoms with Gasteiger partial charge in [0.2, 0.25) is 11.8 Å². The lowest BCUT2D eigenvalue weighted by atomic mass is 9.98. The van der Waals surface area contributed by atoms with Crippen molar-refractivity contribution in [2.24, 2.45) is 5.92 Å². The van der Waals surface area contributed by atoms with Gasteiger partial charge < -0.3 is 20.5 Å². The van der Waals surface area contributed by atoms with Crippen LogP contribution >= 0.6 is 0 Å². The van der Waals surface area contributed by atoms with Crippen LogP contribution in [0.5, 0.6) is 0 Å². The van der Waals surface area contributed by atoms with E-state index in [1.807, 2.05) is 42.5 Å². The lowest BCUT2D eigenvalue weighted by molar-refractivity contribution is -0.148. The molecule has 7 heteroatoms. The molecule has 0 spiro atoms. The zero-order valence-corrected chi connectivity index (χ0v) is 16.8. The number of ether oxygens (including phenoxy) is 1. The first kappa shape index (κ1) is 22.6. The summed E-state index contributed by atoms with van der Waals surface area (Å²) < 4.78 is 5.22. The number of hydrogen-bond acceptors (Lipinski definition) is 5. The Labute approximate surface area is 171 Å². The molecule has 158 valence electrons.